The number of alkyl halides is 1. The number of benzene rings is 1. The summed E-state index contributed by atoms with van der Waals surface area (Å²) in [6, 6.07) is 3.89. The molecule has 10 heteroatoms. The van der Waals surface area contributed by atoms with Gasteiger partial charge in [0.15, 0.2) is 17.0 Å². The maximum atomic E-state index is 14.2. The molecule has 3 aromatic rings. The number of nitrogens with two attached hydrogens (primary N) is 1. The Hall–Kier alpha value is -2.37. The van der Waals surface area contributed by atoms with E-state index in [0.29, 0.717) is 18.7 Å². The number of carbonyl (C=O) groups is 1. The van der Waals surface area contributed by atoms with Crippen molar-refractivity contribution in [1.29, 1.82) is 0 Å². The van der Waals surface area contributed by atoms with Crippen LogP contribution in [0, 0.1) is 9.65 Å². The lowest BCUT2D eigenvalue weighted by atomic mass is 10.0. The molecule has 1 aromatic carbocycles. The number of nitrogen functional groups attached to an aromatic ring is 1. The molecule has 1 amide bonds. The Morgan fingerprint density at radius 3 is 2.93 bits per heavy atom. The van der Waals surface area contributed by atoms with Gasteiger partial charge < -0.3 is 15.6 Å². The fourth-order valence-electron chi connectivity index (χ4n) is 3.68. The summed E-state index contributed by atoms with van der Waals surface area (Å²) in [6.45, 7) is 0.259. The predicted molar refractivity (Wildman–Crippen MR) is 113 cm³/mol. The molecule has 0 saturated carbocycles. The van der Waals surface area contributed by atoms with Crippen molar-refractivity contribution in [1.82, 2.24) is 24.8 Å². The molecule has 29 heavy (non-hydrogen) atoms. The molecule has 1 unspecified atom stereocenters. The molecule has 4 rings (SSSR count). The first-order valence-electron chi connectivity index (χ1n) is 9.21. The second-order valence-corrected chi connectivity index (χ2v) is 8.14. The first-order valence-corrected chi connectivity index (χ1v) is 10.3. The van der Waals surface area contributed by atoms with Gasteiger partial charge >= 0.3 is 6.08 Å². The van der Waals surface area contributed by atoms with Crippen molar-refractivity contribution in [3.05, 3.63) is 44.3 Å². The van der Waals surface area contributed by atoms with Crippen LogP contribution < -0.4 is 11.1 Å². The fraction of sp³-hybridized carbons (Fsp3) is 0.368. The summed E-state index contributed by atoms with van der Waals surface area (Å²) < 4.78 is 30.7. The molecule has 0 aliphatic heterocycles. The highest BCUT2D eigenvalue weighted by atomic mass is 127. The summed E-state index contributed by atoms with van der Waals surface area (Å²) in [5.41, 5.74) is 9.05. The van der Waals surface area contributed by atoms with E-state index in [1.807, 2.05) is 12.1 Å². The van der Waals surface area contributed by atoms with E-state index in [-0.39, 0.29) is 35.9 Å². The zero-order valence-corrected chi connectivity index (χ0v) is 17.8. The van der Waals surface area contributed by atoms with Gasteiger partial charge in [0, 0.05) is 30.0 Å². The van der Waals surface area contributed by atoms with E-state index in [1.165, 1.54) is 0 Å². The summed E-state index contributed by atoms with van der Waals surface area (Å²) in [6.07, 6.45) is -0.107. The summed E-state index contributed by atoms with van der Waals surface area (Å²) >= 11 is 2.23. The second kappa shape index (κ2) is 7.81. The summed E-state index contributed by atoms with van der Waals surface area (Å²) in [5.74, 6) is 0.356. The van der Waals surface area contributed by atoms with E-state index in [2.05, 4.69) is 42.9 Å². The molecule has 0 saturated heterocycles. The highest BCUT2D eigenvalue weighted by molar-refractivity contribution is 14.1. The predicted octanol–water partition coefficient (Wildman–Crippen LogP) is 2.84. The SMILES string of the molecule is CNC(=O)CCn1c(Cc2cc3c(cc2I)CCC3F)nc2c(N)nc(F)nc21. The average molecular weight is 512 g/mol. The number of nitrogens with zero attached hydrogens (tertiary/aromatic N) is 4. The van der Waals surface area contributed by atoms with Crippen LogP contribution in [0.1, 0.15) is 41.5 Å². The third-order valence-electron chi connectivity index (χ3n) is 5.18. The van der Waals surface area contributed by atoms with Crippen LogP contribution in [-0.4, -0.2) is 32.5 Å². The molecule has 1 atom stereocenters. The van der Waals surface area contributed by atoms with Crippen LogP contribution in [0.25, 0.3) is 11.2 Å². The Bertz CT molecular complexity index is 1120. The molecule has 1 aliphatic rings. The molecular formula is C19H19F2IN6O. The Labute approximate surface area is 179 Å². The first kappa shape index (κ1) is 19.9. The summed E-state index contributed by atoms with van der Waals surface area (Å²) in [7, 11) is 1.55. The number of halogens is 3. The van der Waals surface area contributed by atoms with Crippen molar-refractivity contribution in [3.63, 3.8) is 0 Å². The average Bonchev–Trinajstić information content (AvgIpc) is 3.21. The maximum Gasteiger partial charge on any atom is 0.312 e. The number of imidazole rings is 1. The van der Waals surface area contributed by atoms with Crippen molar-refractivity contribution in [2.75, 3.05) is 12.8 Å². The third kappa shape index (κ3) is 3.77. The number of amides is 1. The summed E-state index contributed by atoms with van der Waals surface area (Å²) in [4.78, 5) is 23.7. The fourth-order valence-corrected chi connectivity index (χ4v) is 4.40. The third-order valence-corrected chi connectivity index (χ3v) is 6.18. The normalized spacial score (nSPS) is 15.7. The smallest absolute Gasteiger partial charge is 0.312 e. The van der Waals surface area contributed by atoms with Gasteiger partial charge in [-0.1, -0.05) is 6.07 Å². The lowest BCUT2D eigenvalue weighted by Gasteiger charge is -2.12. The number of aryl methyl sites for hydroxylation is 2. The van der Waals surface area contributed by atoms with Crippen LogP contribution in [0.3, 0.4) is 0 Å². The second-order valence-electron chi connectivity index (χ2n) is 6.98. The van der Waals surface area contributed by atoms with Gasteiger partial charge in [-0.25, -0.2) is 9.37 Å². The molecule has 1 aliphatic carbocycles. The Morgan fingerprint density at radius 1 is 1.38 bits per heavy atom. The molecule has 3 N–H and O–H groups in total. The quantitative estimate of drug-likeness (QED) is 0.405. The van der Waals surface area contributed by atoms with E-state index in [9.17, 15) is 13.6 Å². The number of anilines is 1. The van der Waals surface area contributed by atoms with Crippen LogP contribution in [0.15, 0.2) is 12.1 Å². The van der Waals surface area contributed by atoms with Crippen LogP contribution >= 0.6 is 22.6 Å². The van der Waals surface area contributed by atoms with Crippen LogP contribution in [-0.2, 0) is 24.2 Å². The molecule has 2 heterocycles. The summed E-state index contributed by atoms with van der Waals surface area (Å²) in [5, 5.41) is 2.56. The van der Waals surface area contributed by atoms with Crippen molar-refractivity contribution < 1.29 is 13.6 Å². The monoisotopic (exact) mass is 512 g/mol. The van der Waals surface area contributed by atoms with E-state index >= 15 is 0 Å². The highest BCUT2D eigenvalue weighted by Gasteiger charge is 2.24. The minimum absolute atomic E-state index is 0.0556. The van der Waals surface area contributed by atoms with Gasteiger partial charge in [0.05, 0.1) is 0 Å². The van der Waals surface area contributed by atoms with E-state index in [0.717, 1.165) is 26.7 Å². The zero-order valence-electron chi connectivity index (χ0n) is 15.7. The molecule has 2 aromatic heterocycles. The number of nitrogens with one attached hydrogen (secondary N) is 1. The van der Waals surface area contributed by atoms with Gasteiger partial charge in [0.25, 0.3) is 0 Å². The number of rotatable bonds is 5. The Balaban J connectivity index is 1.78. The van der Waals surface area contributed by atoms with E-state index in [4.69, 9.17) is 5.73 Å². The number of aromatic nitrogens is 4. The van der Waals surface area contributed by atoms with Gasteiger partial charge in [-0.05, 0) is 58.2 Å². The first-order chi connectivity index (χ1) is 13.9. The van der Waals surface area contributed by atoms with Crippen molar-refractivity contribution in [2.24, 2.45) is 0 Å². The number of carbonyl (C=O) groups excluding carboxylic acids is 1. The minimum atomic E-state index is -0.955. The Morgan fingerprint density at radius 2 is 2.17 bits per heavy atom. The number of hydrogen-bond acceptors (Lipinski definition) is 5. The number of fused-ring (bicyclic) bond motifs is 2. The van der Waals surface area contributed by atoms with Gasteiger partial charge in [-0.2, -0.15) is 14.4 Å². The largest absolute Gasteiger partial charge is 0.382 e. The van der Waals surface area contributed by atoms with Gasteiger partial charge in [-0.3, -0.25) is 4.79 Å². The topological polar surface area (TPSA) is 98.7 Å². The van der Waals surface area contributed by atoms with Crippen LogP contribution in [0.5, 0.6) is 0 Å². The molecule has 0 spiro atoms. The highest BCUT2D eigenvalue weighted by Crippen LogP contribution is 2.36. The van der Waals surface area contributed by atoms with E-state index in [1.54, 1.807) is 11.6 Å². The van der Waals surface area contributed by atoms with Crippen LogP contribution in [0.4, 0.5) is 14.6 Å². The molecule has 7 nitrogen and oxygen atoms in total. The lowest BCUT2D eigenvalue weighted by Crippen LogP contribution is -2.20. The lowest BCUT2D eigenvalue weighted by molar-refractivity contribution is -0.120. The van der Waals surface area contributed by atoms with Gasteiger partial charge in [0.1, 0.15) is 12.0 Å². The minimum Gasteiger partial charge on any atom is -0.382 e. The Kier molecular flexibility index (Phi) is 5.36. The van der Waals surface area contributed by atoms with Crippen molar-refractivity contribution >= 4 is 45.5 Å². The molecule has 0 bridgehead atoms. The molecular weight excluding hydrogens is 493 g/mol. The number of hydrogen-bond donors (Lipinski definition) is 2. The van der Waals surface area contributed by atoms with Crippen molar-refractivity contribution in [2.45, 2.75) is 38.4 Å². The van der Waals surface area contributed by atoms with Gasteiger partial charge in [-0.15, -0.1) is 0 Å². The molecule has 152 valence electrons. The van der Waals surface area contributed by atoms with E-state index < -0.39 is 12.2 Å². The van der Waals surface area contributed by atoms with Gasteiger partial charge in [0.2, 0.25) is 5.91 Å². The van der Waals surface area contributed by atoms with Crippen LogP contribution in [0.2, 0.25) is 0 Å². The maximum absolute atomic E-state index is 14.2. The molecule has 0 fully saturated rings. The van der Waals surface area contributed by atoms with Crippen molar-refractivity contribution in [3.8, 4) is 0 Å². The zero-order chi connectivity index (χ0) is 20.7. The molecule has 0 radical (unpaired) electrons. The standard InChI is InChI=1S/C19H19F2IN6O/c1-24-15(29)4-5-28-14(25-16-17(23)26-19(21)27-18(16)28)8-10-6-11-9(7-13(10)22)2-3-12(11)20/h6-7,12H,2-5,8H2,1H3,(H,24,29)(H2,23,26,27).